The topological polar surface area (TPSA) is 40.9 Å². The van der Waals surface area contributed by atoms with E-state index in [0.29, 0.717) is 0 Å². The van der Waals surface area contributed by atoms with Gasteiger partial charge in [0.25, 0.3) is 6.43 Å². The summed E-state index contributed by atoms with van der Waals surface area (Å²) in [5, 5.41) is 8.47. The summed E-state index contributed by atoms with van der Waals surface area (Å²) >= 11 is 0. The van der Waals surface area contributed by atoms with Gasteiger partial charge in [0.2, 0.25) is 0 Å². The SMILES string of the molecule is CC(=O)c1c(C(F)F)ccc(C#N)c1F. The van der Waals surface area contributed by atoms with Gasteiger partial charge in [0.1, 0.15) is 6.07 Å². The van der Waals surface area contributed by atoms with E-state index >= 15 is 0 Å². The Morgan fingerprint density at radius 1 is 1.47 bits per heavy atom. The Bertz CT molecular complexity index is 449. The number of benzene rings is 1. The third kappa shape index (κ3) is 1.99. The van der Waals surface area contributed by atoms with Crippen molar-refractivity contribution >= 4 is 5.78 Å². The Morgan fingerprint density at radius 2 is 2.07 bits per heavy atom. The van der Waals surface area contributed by atoms with Crippen molar-refractivity contribution in [2.45, 2.75) is 13.3 Å². The highest BCUT2D eigenvalue weighted by molar-refractivity contribution is 5.96. The Balaban J connectivity index is 3.53. The van der Waals surface area contributed by atoms with Crippen molar-refractivity contribution in [1.29, 1.82) is 5.26 Å². The molecule has 0 heterocycles. The number of Topliss-reactive ketones (excluding diaryl/α,β-unsaturated/α-hetero) is 1. The summed E-state index contributed by atoms with van der Waals surface area (Å²) in [6.07, 6.45) is -2.94. The molecule has 1 rings (SSSR count). The second kappa shape index (κ2) is 4.13. The Kier molecular flexibility index (Phi) is 3.10. The second-order valence-corrected chi connectivity index (χ2v) is 2.86. The number of halogens is 3. The third-order valence-corrected chi connectivity index (χ3v) is 1.88. The van der Waals surface area contributed by atoms with Gasteiger partial charge in [0.15, 0.2) is 11.6 Å². The molecule has 0 fully saturated rings. The molecule has 0 aromatic heterocycles. The van der Waals surface area contributed by atoms with E-state index in [9.17, 15) is 18.0 Å². The van der Waals surface area contributed by atoms with Gasteiger partial charge < -0.3 is 0 Å². The summed E-state index contributed by atoms with van der Waals surface area (Å²) in [6, 6.07) is 3.31. The molecule has 0 aliphatic rings. The van der Waals surface area contributed by atoms with E-state index in [4.69, 9.17) is 5.26 Å². The van der Waals surface area contributed by atoms with Gasteiger partial charge in [-0.15, -0.1) is 0 Å². The highest BCUT2D eigenvalue weighted by Crippen LogP contribution is 2.26. The van der Waals surface area contributed by atoms with E-state index < -0.39 is 34.7 Å². The summed E-state index contributed by atoms with van der Waals surface area (Å²) < 4.78 is 38.2. The predicted octanol–water partition coefficient (Wildman–Crippen LogP) is 2.84. The van der Waals surface area contributed by atoms with Crippen molar-refractivity contribution < 1.29 is 18.0 Å². The number of carbonyl (C=O) groups is 1. The summed E-state index contributed by atoms with van der Waals surface area (Å²) in [5.41, 5.74) is -1.80. The lowest BCUT2D eigenvalue weighted by molar-refractivity contribution is 0.0994. The fourth-order valence-electron chi connectivity index (χ4n) is 1.22. The number of ketones is 1. The molecule has 0 aliphatic heterocycles. The maximum absolute atomic E-state index is 13.4. The zero-order valence-electron chi connectivity index (χ0n) is 7.72. The largest absolute Gasteiger partial charge is 0.294 e. The Morgan fingerprint density at radius 3 is 2.47 bits per heavy atom. The fourth-order valence-corrected chi connectivity index (χ4v) is 1.22. The minimum absolute atomic E-state index is 0.412. The quantitative estimate of drug-likeness (QED) is 0.708. The van der Waals surface area contributed by atoms with Crippen molar-refractivity contribution in [3.63, 3.8) is 0 Å². The maximum Gasteiger partial charge on any atom is 0.264 e. The van der Waals surface area contributed by atoms with Crippen LogP contribution in [0.2, 0.25) is 0 Å². The molecule has 1 aromatic carbocycles. The second-order valence-electron chi connectivity index (χ2n) is 2.86. The van der Waals surface area contributed by atoms with Crippen molar-refractivity contribution in [2.24, 2.45) is 0 Å². The number of nitriles is 1. The van der Waals surface area contributed by atoms with Crippen molar-refractivity contribution in [2.75, 3.05) is 0 Å². The van der Waals surface area contributed by atoms with Gasteiger partial charge in [-0.05, 0) is 13.0 Å². The first-order valence-corrected chi connectivity index (χ1v) is 4.00. The average molecular weight is 213 g/mol. The van der Waals surface area contributed by atoms with E-state index in [1.807, 2.05) is 0 Å². The van der Waals surface area contributed by atoms with Crippen molar-refractivity contribution in [3.05, 3.63) is 34.6 Å². The predicted molar refractivity (Wildman–Crippen MR) is 46.1 cm³/mol. The number of hydrogen-bond acceptors (Lipinski definition) is 2. The molecule has 0 atom stereocenters. The number of carbonyl (C=O) groups excluding carboxylic acids is 1. The summed E-state index contributed by atoms with van der Waals surface area (Å²) in [5.74, 6) is -2.00. The molecule has 0 amide bonds. The van der Waals surface area contributed by atoms with E-state index in [2.05, 4.69) is 0 Å². The van der Waals surface area contributed by atoms with E-state index in [-0.39, 0.29) is 0 Å². The lowest BCUT2D eigenvalue weighted by atomic mass is 10.0. The molecule has 2 nitrogen and oxygen atoms in total. The lowest BCUT2D eigenvalue weighted by Crippen LogP contribution is -2.06. The summed E-state index contributed by atoms with van der Waals surface area (Å²) in [4.78, 5) is 11.0. The standard InChI is InChI=1S/C10H6F3NO/c1-5(15)8-7(10(12)13)3-2-6(4-14)9(8)11/h2-3,10H,1H3. The van der Waals surface area contributed by atoms with Crippen LogP contribution in [0.1, 0.15) is 34.8 Å². The molecular formula is C10H6F3NO. The lowest BCUT2D eigenvalue weighted by Gasteiger charge is -2.07. The average Bonchev–Trinajstić information content (AvgIpc) is 2.16. The van der Waals surface area contributed by atoms with Crippen LogP contribution >= 0.6 is 0 Å². The van der Waals surface area contributed by atoms with Crippen LogP contribution in [0.15, 0.2) is 12.1 Å². The van der Waals surface area contributed by atoms with Crippen LogP contribution in [0.4, 0.5) is 13.2 Å². The van der Waals surface area contributed by atoms with Crippen LogP contribution in [0.5, 0.6) is 0 Å². The molecule has 78 valence electrons. The van der Waals surface area contributed by atoms with Gasteiger partial charge in [-0.25, -0.2) is 13.2 Å². The first-order valence-electron chi connectivity index (χ1n) is 4.00. The molecule has 0 aliphatic carbocycles. The van der Waals surface area contributed by atoms with Crippen molar-refractivity contribution in [3.8, 4) is 6.07 Å². The number of nitrogens with zero attached hydrogens (tertiary/aromatic N) is 1. The van der Waals surface area contributed by atoms with Crippen LogP contribution in [0.25, 0.3) is 0 Å². The number of hydrogen-bond donors (Lipinski definition) is 0. The van der Waals surface area contributed by atoms with Gasteiger partial charge in [-0.3, -0.25) is 4.79 Å². The first-order chi connectivity index (χ1) is 6.99. The molecule has 0 unspecified atom stereocenters. The van der Waals surface area contributed by atoms with Crippen LogP contribution in [0, 0.1) is 17.1 Å². The van der Waals surface area contributed by atoms with Crippen LogP contribution in [-0.4, -0.2) is 5.78 Å². The number of alkyl halides is 2. The van der Waals surface area contributed by atoms with Gasteiger partial charge in [-0.1, -0.05) is 6.07 Å². The normalized spacial score (nSPS) is 10.1. The molecular weight excluding hydrogens is 207 g/mol. The Hall–Kier alpha value is -1.83. The molecule has 0 saturated carbocycles. The van der Waals surface area contributed by atoms with Crippen LogP contribution in [-0.2, 0) is 0 Å². The van der Waals surface area contributed by atoms with Crippen LogP contribution in [0.3, 0.4) is 0 Å². The van der Waals surface area contributed by atoms with Crippen LogP contribution < -0.4 is 0 Å². The zero-order valence-corrected chi connectivity index (χ0v) is 7.72. The molecule has 1 aromatic rings. The minimum Gasteiger partial charge on any atom is -0.294 e. The monoisotopic (exact) mass is 213 g/mol. The number of rotatable bonds is 2. The van der Waals surface area contributed by atoms with E-state index in [1.165, 1.54) is 6.07 Å². The molecule has 5 heteroatoms. The Labute approximate surface area is 83.9 Å². The highest BCUT2D eigenvalue weighted by atomic mass is 19.3. The molecule has 0 N–H and O–H groups in total. The van der Waals surface area contributed by atoms with Gasteiger partial charge in [-0.2, -0.15) is 5.26 Å². The third-order valence-electron chi connectivity index (χ3n) is 1.88. The maximum atomic E-state index is 13.4. The first kappa shape index (κ1) is 11.2. The summed E-state index contributed by atoms with van der Waals surface area (Å²) in [7, 11) is 0. The molecule has 0 bridgehead atoms. The molecule has 15 heavy (non-hydrogen) atoms. The minimum atomic E-state index is -2.94. The highest BCUT2D eigenvalue weighted by Gasteiger charge is 2.22. The van der Waals surface area contributed by atoms with E-state index in [0.717, 1.165) is 19.1 Å². The molecule has 0 spiro atoms. The summed E-state index contributed by atoms with van der Waals surface area (Å²) in [6.45, 7) is 0.978. The van der Waals surface area contributed by atoms with Gasteiger partial charge >= 0.3 is 0 Å². The van der Waals surface area contributed by atoms with E-state index in [1.54, 1.807) is 0 Å². The smallest absolute Gasteiger partial charge is 0.264 e. The van der Waals surface area contributed by atoms with Gasteiger partial charge in [0, 0.05) is 5.56 Å². The fraction of sp³-hybridized carbons (Fsp3) is 0.200. The molecule has 0 saturated heterocycles. The zero-order chi connectivity index (χ0) is 11.6. The molecule has 0 radical (unpaired) electrons. The van der Waals surface area contributed by atoms with Crippen molar-refractivity contribution in [1.82, 2.24) is 0 Å². The van der Waals surface area contributed by atoms with Gasteiger partial charge in [0.05, 0.1) is 11.1 Å².